The van der Waals surface area contributed by atoms with Crippen molar-refractivity contribution in [2.24, 2.45) is 0 Å². The van der Waals surface area contributed by atoms with Gasteiger partial charge < -0.3 is 10.3 Å². The van der Waals surface area contributed by atoms with E-state index in [1.54, 1.807) is 0 Å². The zero-order chi connectivity index (χ0) is 13.5. The minimum absolute atomic E-state index is 0.275. The Morgan fingerprint density at radius 3 is 2.75 bits per heavy atom. The van der Waals surface area contributed by atoms with Crippen molar-refractivity contribution in [2.75, 3.05) is 0 Å². The summed E-state index contributed by atoms with van der Waals surface area (Å²) in [6, 6.07) is 15.2. The zero-order valence-electron chi connectivity index (χ0n) is 11.5. The second kappa shape index (κ2) is 4.46. The number of imidazole rings is 1. The number of para-hydroxylation sites is 1. The molecule has 3 aromatic rings. The summed E-state index contributed by atoms with van der Waals surface area (Å²) in [7, 11) is 0. The molecule has 0 fully saturated rings. The molecule has 2 heterocycles. The molecule has 0 amide bonds. The lowest BCUT2D eigenvalue weighted by Crippen LogP contribution is -2.29. The van der Waals surface area contributed by atoms with Crippen LogP contribution in [0.15, 0.2) is 42.5 Å². The van der Waals surface area contributed by atoms with E-state index in [0.717, 1.165) is 29.8 Å². The molecule has 3 heteroatoms. The summed E-state index contributed by atoms with van der Waals surface area (Å²) in [5, 5.41) is 3.58. The lowest BCUT2D eigenvalue weighted by Gasteiger charge is -2.24. The number of aromatic nitrogens is 2. The second-order valence-corrected chi connectivity index (χ2v) is 5.50. The lowest BCUT2D eigenvalue weighted by atomic mass is 9.96. The smallest absolute Gasteiger partial charge is 0.124 e. The van der Waals surface area contributed by atoms with Crippen LogP contribution in [-0.4, -0.2) is 9.97 Å². The van der Waals surface area contributed by atoms with Crippen LogP contribution in [0.5, 0.6) is 0 Å². The molecule has 0 aliphatic carbocycles. The maximum atomic E-state index is 4.79. The maximum Gasteiger partial charge on any atom is 0.124 e. The molecule has 1 unspecified atom stereocenters. The number of benzene rings is 2. The van der Waals surface area contributed by atoms with Crippen molar-refractivity contribution in [1.29, 1.82) is 0 Å². The predicted octanol–water partition coefficient (Wildman–Crippen LogP) is 3.26. The summed E-state index contributed by atoms with van der Waals surface area (Å²) in [6.07, 6.45) is 0.995. The highest BCUT2D eigenvalue weighted by molar-refractivity contribution is 5.78. The summed E-state index contributed by atoms with van der Waals surface area (Å²) in [5.74, 6) is 1.05. The first-order valence-corrected chi connectivity index (χ1v) is 7.06. The van der Waals surface area contributed by atoms with Gasteiger partial charge in [-0.2, -0.15) is 0 Å². The third-order valence-corrected chi connectivity index (χ3v) is 4.14. The van der Waals surface area contributed by atoms with Crippen molar-refractivity contribution in [3.8, 4) is 0 Å². The summed E-state index contributed by atoms with van der Waals surface area (Å²) < 4.78 is 0. The molecular formula is C17H17N3. The largest absolute Gasteiger partial charge is 0.341 e. The fourth-order valence-electron chi connectivity index (χ4n) is 3.01. The molecule has 0 spiro atoms. The van der Waals surface area contributed by atoms with Crippen LogP contribution < -0.4 is 5.32 Å². The Morgan fingerprint density at radius 1 is 1.05 bits per heavy atom. The third-order valence-electron chi connectivity index (χ3n) is 4.14. The molecule has 20 heavy (non-hydrogen) atoms. The summed E-state index contributed by atoms with van der Waals surface area (Å²) in [5.41, 5.74) is 6.26. The Kier molecular flexibility index (Phi) is 2.60. The van der Waals surface area contributed by atoms with Crippen molar-refractivity contribution < 1.29 is 0 Å². The van der Waals surface area contributed by atoms with Gasteiger partial charge in [-0.1, -0.05) is 36.4 Å². The van der Waals surface area contributed by atoms with Crippen LogP contribution >= 0.6 is 0 Å². The number of aromatic amines is 1. The molecule has 0 radical (unpaired) electrons. The zero-order valence-corrected chi connectivity index (χ0v) is 11.5. The lowest BCUT2D eigenvalue weighted by molar-refractivity contribution is 0.481. The van der Waals surface area contributed by atoms with Crippen LogP contribution in [0, 0.1) is 6.92 Å². The van der Waals surface area contributed by atoms with Gasteiger partial charge in [0.2, 0.25) is 0 Å². The van der Waals surface area contributed by atoms with Gasteiger partial charge in [-0.25, -0.2) is 4.98 Å². The molecule has 0 saturated heterocycles. The molecule has 1 aromatic heterocycles. The normalized spacial score (nSPS) is 18.1. The number of hydrogen-bond donors (Lipinski definition) is 2. The number of H-pyrrole nitrogens is 1. The van der Waals surface area contributed by atoms with Crippen LogP contribution in [-0.2, 0) is 13.0 Å². The van der Waals surface area contributed by atoms with E-state index >= 15 is 0 Å². The van der Waals surface area contributed by atoms with Gasteiger partial charge in [-0.05, 0) is 36.1 Å². The number of nitrogens with zero attached hydrogens (tertiary/aromatic N) is 1. The molecule has 0 bridgehead atoms. The fraction of sp³-hybridized carbons (Fsp3) is 0.235. The first kappa shape index (κ1) is 11.7. The second-order valence-electron chi connectivity index (χ2n) is 5.50. The Balaban J connectivity index is 1.72. The summed E-state index contributed by atoms with van der Waals surface area (Å²) in [6.45, 7) is 3.02. The van der Waals surface area contributed by atoms with Crippen LogP contribution in [0.4, 0.5) is 0 Å². The highest BCUT2D eigenvalue weighted by Crippen LogP contribution is 2.26. The molecule has 100 valence electrons. The number of nitrogens with one attached hydrogen (secondary N) is 2. The highest BCUT2D eigenvalue weighted by Gasteiger charge is 2.21. The quantitative estimate of drug-likeness (QED) is 0.707. The van der Waals surface area contributed by atoms with Crippen LogP contribution in [0.1, 0.15) is 28.6 Å². The third kappa shape index (κ3) is 1.82. The van der Waals surface area contributed by atoms with E-state index in [9.17, 15) is 0 Å². The van der Waals surface area contributed by atoms with Gasteiger partial charge >= 0.3 is 0 Å². The van der Waals surface area contributed by atoms with Crippen molar-refractivity contribution in [3.05, 3.63) is 65.0 Å². The van der Waals surface area contributed by atoms with Crippen molar-refractivity contribution in [2.45, 2.75) is 25.9 Å². The Bertz CT molecular complexity index is 773. The van der Waals surface area contributed by atoms with Crippen molar-refractivity contribution in [3.63, 3.8) is 0 Å². The topological polar surface area (TPSA) is 40.7 Å². The van der Waals surface area contributed by atoms with Crippen LogP contribution in [0.2, 0.25) is 0 Å². The Labute approximate surface area is 118 Å². The van der Waals surface area contributed by atoms with E-state index in [-0.39, 0.29) is 6.04 Å². The summed E-state index contributed by atoms with van der Waals surface area (Å²) in [4.78, 5) is 8.25. The van der Waals surface area contributed by atoms with Gasteiger partial charge in [0, 0.05) is 6.54 Å². The van der Waals surface area contributed by atoms with Crippen LogP contribution in [0.25, 0.3) is 11.0 Å². The first-order chi connectivity index (χ1) is 9.81. The highest BCUT2D eigenvalue weighted by atomic mass is 15.0. The SMILES string of the molecule is Cc1cccc2[nH]c(C3Cc4ccccc4CN3)nc12. The molecule has 2 aromatic carbocycles. The number of rotatable bonds is 1. The van der Waals surface area contributed by atoms with E-state index in [1.165, 1.54) is 16.7 Å². The number of aryl methyl sites for hydroxylation is 1. The monoisotopic (exact) mass is 263 g/mol. The average Bonchev–Trinajstić information content (AvgIpc) is 2.92. The van der Waals surface area contributed by atoms with E-state index in [0.29, 0.717) is 0 Å². The molecule has 2 N–H and O–H groups in total. The molecule has 1 atom stereocenters. The van der Waals surface area contributed by atoms with Crippen LogP contribution in [0.3, 0.4) is 0 Å². The van der Waals surface area contributed by atoms with Gasteiger partial charge in [0.1, 0.15) is 5.82 Å². The molecule has 4 rings (SSSR count). The van der Waals surface area contributed by atoms with Gasteiger partial charge in [0.05, 0.1) is 17.1 Å². The van der Waals surface area contributed by atoms with Crippen molar-refractivity contribution >= 4 is 11.0 Å². The molecular weight excluding hydrogens is 246 g/mol. The van der Waals surface area contributed by atoms with Gasteiger partial charge in [-0.15, -0.1) is 0 Å². The summed E-state index contributed by atoms with van der Waals surface area (Å²) >= 11 is 0. The molecule has 0 saturated carbocycles. The molecule has 1 aliphatic heterocycles. The Morgan fingerprint density at radius 2 is 1.90 bits per heavy atom. The number of hydrogen-bond acceptors (Lipinski definition) is 2. The maximum absolute atomic E-state index is 4.79. The van der Waals surface area contributed by atoms with Gasteiger partial charge in [-0.3, -0.25) is 0 Å². The minimum atomic E-state index is 0.275. The van der Waals surface area contributed by atoms with Gasteiger partial charge in [0.15, 0.2) is 0 Å². The number of fused-ring (bicyclic) bond motifs is 2. The molecule has 3 nitrogen and oxygen atoms in total. The van der Waals surface area contributed by atoms with Crippen molar-refractivity contribution in [1.82, 2.24) is 15.3 Å². The minimum Gasteiger partial charge on any atom is -0.341 e. The van der Waals surface area contributed by atoms with E-state index in [2.05, 4.69) is 59.7 Å². The Hall–Kier alpha value is -2.13. The predicted molar refractivity (Wildman–Crippen MR) is 80.6 cm³/mol. The van der Waals surface area contributed by atoms with Gasteiger partial charge in [0.25, 0.3) is 0 Å². The van der Waals surface area contributed by atoms with E-state index < -0.39 is 0 Å². The average molecular weight is 263 g/mol. The standard InChI is InChI=1S/C17H17N3/c1-11-5-4-8-14-16(11)20-17(19-14)15-9-12-6-2-3-7-13(12)10-18-15/h2-8,15,18H,9-10H2,1H3,(H,19,20). The van der Waals surface area contributed by atoms with E-state index in [4.69, 9.17) is 4.98 Å². The fourth-order valence-corrected chi connectivity index (χ4v) is 3.01. The first-order valence-electron chi connectivity index (χ1n) is 7.06. The molecule has 1 aliphatic rings. The van der Waals surface area contributed by atoms with E-state index in [1.807, 2.05) is 0 Å².